The molecule has 0 radical (unpaired) electrons. The van der Waals surface area contributed by atoms with Gasteiger partial charge in [0.1, 0.15) is 23.9 Å². The number of nitrogens with one attached hydrogen (secondary N) is 1. The Bertz CT molecular complexity index is 898. The summed E-state index contributed by atoms with van der Waals surface area (Å²) in [7, 11) is -0.320. The Kier molecular flexibility index (Phi) is 8.79. The first-order chi connectivity index (χ1) is 14.3. The maximum atomic E-state index is 12.1. The number of nitrogens with zero attached hydrogens (tertiary/aromatic N) is 1. The van der Waals surface area contributed by atoms with Gasteiger partial charge in [-0.2, -0.15) is 0 Å². The van der Waals surface area contributed by atoms with Crippen LogP contribution in [-0.4, -0.2) is 54.5 Å². The van der Waals surface area contributed by atoms with Gasteiger partial charge in [0.15, 0.2) is 0 Å². The molecule has 0 bridgehead atoms. The van der Waals surface area contributed by atoms with Crippen LogP contribution in [0.25, 0.3) is 0 Å². The molecular formula is C21H28N2O6S. The van der Waals surface area contributed by atoms with E-state index in [0.29, 0.717) is 36.8 Å². The van der Waals surface area contributed by atoms with Crippen LogP contribution in [0.5, 0.6) is 17.2 Å². The molecule has 2 aromatic rings. The van der Waals surface area contributed by atoms with Crippen LogP contribution >= 0.6 is 0 Å². The second-order valence-electron chi connectivity index (χ2n) is 6.51. The molecule has 0 spiro atoms. The lowest BCUT2D eigenvalue weighted by molar-refractivity contribution is -0.121. The van der Waals surface area contributed by atoms with Crippen molar-refractivity contribution < 1.29 is 27.4 Å². The lowest BCUT2D eigenvalue weighted by Crippen LogP contribution is -2.32. The van der Waals surface area contributed by atoms with Gasteiger partial charge >= 0.3 is 0 Å². The highest BCUT2D eigenvalue weighted by molar-refractivity contribution is 7.92. The molecule has 0 unspecified atom stereocenters. The summed E-state index contributed by atoms with van der Waals surface area (Å²) < 4.78 is 41.2. The molecule has 0 aliphatic heterocycles. The van der Waals surface area contributed by atoms with E-state index in [1.807, 2.05) is 0 Å². The highest BCUT2D eigenvalue weighted by Gasteiger charge is 2.17. The van der Waals surface area contributed by atoms with Crippen LogP contribution < -0.4 is 23.8 Å². The van der Waals surface area contributed by atoms with E-state index in [1.54, 1.807) is 62.8 Å². The molecule has 0 fully saturated rings. The molecular weight excluding hydrogens is 408 g/mol. The van der Waals surface area contributed by atoms with Crippen LogP contribution in [0.1, 0.15) is 12.8 Å². The molecule has 1 amide bonds. The summed E-state index contributed by atoms with van der Waals surface area (Å²) >= 11 is 0. The van der Waals surface area contributed by atoms with Gasteiger partial charge in [0.05, 0.1) is 32.7 Å². The summed E-state index contributed by atoms with van der Waals surface area (Å²) in [6.07, 6.45) is 1.75. The molecule has 1 N–H and O–H groups in total. The zero-order chi connectivity index (χ0) is 22.0. The minimum Gasteiger partial charge on any atom is -0.497 e. The fourth-order valence-electron chi connectivity index (χ4n) is 2.74. The number of carbonyl (C=O) groups is 1. The van der Waals surface area contributed by atoms with Crippen LogP contribution in [0, 0.1) is 0 Å². The van der Waals surface area contributed by atoms with Gasteiger partial charge < -0.3 is 19.5 Å². The van der Waals surface area contributed by atoms with Crippen LogP contribution in [0.2, 0.25) is 0 Å². The minimum absolute atomic E-state index is 0.156. The van der Waals surface area contributed by atoms with Gasteiger partial charge in [-0.25, -0.2) is 8.42 Å². The van der Waals surface area contributed by atoms with Gasteiger partial charge in [0, 0.05) is 13.0 Å². The van der Waals surface area contributed by atoms with Crippen molar-refractivity contribution in [3.63, 3.8) is 0 Å². The first kappa shape index (κ1) is 23.3. The van der Waals surface area contributed by atoms with E-state index >= 15 is 0 Å². The van der Waals surface area contributed by atoms with Gasteiger partial charge in [0.25, 0.3) is 0 Å². The van der Waals surface area contributed by atoms with E-state index in [9.17, 15) is 13.2 Å². The first-order valence-corrected chi connectivity index (χ1v) is 11.3. The van der Waals surface area contributed by atoms with E-state index in [1.165, 1.54) is 4.31 Å². The third kappa shape index (κ3) is 7.47. The van der Waals surface area contributed by atoms with Crippen molar-refractivity contribution in [3.8, 4) is 17.2 Å². The van der Waals surface area contributed by atoms with Crippen molar-refractivity contribution >= 4 is 21.6 Å². The fraction of sp³-hybridized carbons (Fsp3) is 0.381. The Labute approximate surface area is 177 Å². The Hall–Kier alpha value is -2.94. The third-order valence-corrected chi connectivity index (χ3v) is 5.47. The maximum Gasteiger partial charge on any atom is 0.232 e. The predicted octanol–water partition coefficient (Wildman–Crippen LogP) is 2.45. The van der Waals surface area contributed by atoms with E-state index in [0.717, 1.165) is 12.0 Å². The van der Waals surface area contributed by atoms with Crippen LogP contribution in [0.15, 0.2) is 48.5 Å². The zero-order valence-electron chi connectivity index (χ0n) is 17.5. The average molecular weight is 437 g/mol. The molecule has 0 saturated heterocycles. The van der Waals surface area contributed by atoms with E-state index < -0.39 is 10.0 Å². The highest BCUT2D eigenvalue weighted by atomic mass is 32.2. The quantitative estimate of drug-likeness (QED) is 0.514. The second-order valence-corrected chi connectivity index (χ2v) is 8.42. The maximum absolute atomic E-state index is 12.1. The smallest absolute Gasteiger partial charge is 0.232 e. The topological polar surface area (TPSA) is 94.2 Å². The molecule has 8 nitrogen and oxygen atoms in total. The molecule has 0 aliphatic carbocycles. The molecule has 0 aliphatic rings. The number of amides is 1. The van der Waals surface area contributed by atoms with Gasteiger partial charge in [-0.3, -0.25) is 9.10 Å². The van der Waals surface area contributed by atoms with Crippen molar-refractivity contribution in [2.24, 2.45) is 0 Å². The number of sulfonamides is 1. The SMILES string of the molecule is COc1ccc(OCCNC(=O)CCCN(c2ccc(OC)cc2)S(C)(=O)=O)cc1. The Morgan fingerprint density at radius 1 is 0.933 bits per heavy atom. The molecule has 0 atom stereocenters. The van der Waals surface area contributed by atoms with Crippen LogP contribution in [-0.2, 0) is 14.8 Å². The van der Waals surface area contributed by atoms with Gasteiger partial charge in [-0.15, -0.1) is 0 Å². The molecule has 0 heterocycles. The molecule has 164 valence electrons. The number of benzene rings is 2. The number of hydrogen-bond donors (Lipinski definition) is 1. The lowest BCUT2D eigenvalue weighted by Gasteiger charge is -2.22. The summed E-state index contributed by atoms with van der Waals surface area (Å²) in [5, 5.41) is 2.77. The van der Waals surface area contributed by atoms with E-state index in [4.69, 9.17) is 14.2 Å². The first-order valence-electron chi connectivity index (χ1n) is 9.49. The van der Waals surface area contributed by atoms with Gasteiger partial charge in [0.2, 0.25) is 15.9 Å². The van der Waals surface area contributed by atoms with Crippen LogP contribution in [0.3, 0.4) is 0 Å². The molecule has 2 aromatic carbocycles. The Balaban J connectivity index is 1.74. The van der Waals surface area contributed by atoms with Crippen molar-refractivity contribution in [3.05, 3.63) is 48.5 Å². The van der Waals surface area contributed by atoms with Gasteiger partial charge in [-0.1, -0.05) is 0 Å². The molecule has 2 rings (SSSR count). The standard InChI is InChI=1S/C21H28N2O6S/c1-27-18-8-6-17(7-9-18)23(30(3,25)26)15-4-5-21(24)22-14-16-29-20-12-10-19(28-2)11-13-20/h6-13H,4-5,14-16H2,1-3H3,(H,22,24). The summed E-state index contributed by atoms with van der Waals surface area (Å²) in [4.78, 5) is 12.0. The van der Waals surface area contributed by atoms with Crippen molar-refractivity contribution in [1.29, 1.82) is 0 Å². The fourth-order valence-corrected chi connectivity index (χ4v) is 3.70. The molecule has 0 saturated carbocycles. The molecule has 0 aromatic heterocycles. The van der Waals surface area contributed by atoms with Crippen LogP contribution in [0.4, 0.5) is 5.69 Å². The number of rotatable bonds is 12. The zero-order valence-corrected chi connectivity index (χ0v) is 18.3. The minimum atomic E-state index is -3.46. The van der Waals surface area contributed by atoms with Crippen molar-refractivity contribution in [2.75, 3.05) is 44.5 Å². The Morgan fingerprint density at radius 3 is 2.00 bits per heavy atom. The number of carbonyl (C=O) groups excluding carboxylic acids is 1. The molecule has 30 heavy (non-hydrogen) atoms. The number of ether oxygens (including phenoxy) is 3. The third-order valence-electron chi connectivity index (χ3n) is 4.28. The monoisotopic (exact) mass is 436 g/mol. The normalized spacial score (nSPS) is 10.9. The Morgan fingerprint density at radius 2 is 1.47 bits per heavy atom. The second kappa shape index (κ2) is 11.3. The predicted molar refractivity (Wildman–Crippen MR) is 116 cm³/mol. The van der Waals surface area contributed by atoms with E-state index in [2.05, 4.69) is 5.32 Å². The number of anilines is 1. The molecule has 9 heteroatoms. The average Bonchev–Trinajstić information content (AvgIpc) is 2.74. The largest absolute Gasteiger partial charge is 0.497 e. The van der Waals surface area contributed by atoms with Gasteiger partial charge in [-0.05, 0) is 55.0 Å². The van der Waals surface area contributed by atoms with E-state index in [-0.39, 0.29) is 18.9 Å². The number of hydrogen-bond acceptors (Lipinski definition) is 6. The lowest BCUT2D eigenvalue weighted by atomic mass is 10.2. The summed E-state index contributed by atoms with van der Waals surface area (Å²) in [6, 6.07) is 13.9. The summed E-state index contributed by atoms with van der Waals surface area (Å²) in [6.45, 7) is 0.902. The highest BCUT2D eigenvalue weighted by Crippen LogP contribution is 2.22. The number of methoxy groups -OCH3 is 2. The van der Waals surface area contributed by atoms with Crippen molar-refractivity contribution in [2.45, 2.75) is 12.8 Å². The summed E-state index contributed by atoms with van der Waals surface area (Å²) in [5.41, 5.74) is 0.534. The summed E-state index contributed by atoms with van der Waals surface area (Å²) in [5.74, 6) is 1.92. The van der Waals surface area contributed by atoms with Crippen molar-refractivity contribution in [1.82, 2.24) is 5.32 Å².